The lowest BCUT2D eigenvalue weighted by atomic mass is 10.1. The summed E-state index contributed by atoms with van der Waals surface area (Å²) in [6, 6.07) is 12.5. The molecule has 1 aromatic carbocycles. The van der Waals surface area contributed by atoms with Gasteiger partial charge in [-0.1, -0.05) is 31.2 Å². The Labute approximate surface area is 113 Å². The van der Waals surface area contributed by atoms with Crippen molar-refractivity contribution >= 4 is 5.69 Å². The Hall–Kier alpha value is -1.87. The van der Waals surface area contributed by atoms with E-state index in [1.54, 1.807) is 0 Å². The second kappa shape index (κ2) is 5.02. The van der Waals surface area contributed by atoms with E-state index in [1.165, 1.54) is 11.1 Å². The minimum atomic E-state index is -0.454. The molecule has 1 aliphatic rings. The Balaban J connectivity index is 1.78. The third kappa shape index (κ3) is 2.34. The van der Waals surface area contributed by atoms with Crippen molar-refractivity contribution in [3.63, 3.8) is 0 Å². The lowest BCUT2D eigenvalue weighted by molar-refractivity contribution is 0.169. The van der Waals surface area contributed by atoms with Crippen LogP contribution in [0.1, 0.15) is 36.3 Å². The van der Waals surface area contributed by atoms with E-state index in [-0.39, 0.29) is 0 Å². The van der Waals surface area contributed by atoms with Crippen molar-refractivity contribution in [1.82, 2.24) is 4.98 Å². The number of pyridine rings is 1. The van der Waals surface area contributed by atoms with E-state index < -0.39 is 6.10 Å². The van der Waals surface area contributed by atoms with Crippen LogP contribution in [0.4, 0.5) is 5.69 Å². The van der Waals surface area contributed by atoms with Crippen LogP contribution in [0.3, 0.4) is 0 Å². The Morgan fingerprint density at radius 3 is 2.37 bits per heavy atom. The molecule has 1 N–H and O–H groups in total. The van der Waals surface area contributed by atoms with Crippen LogP contribution in [0.2, 0.25) is 0 Å². The normalized spacial score (nSPS) is 15.4. The molecule has 98 valence electrons. The van der Waals surface area contributed by atoms with Gasteiger partial charge in [0.2, 0.25) is 0 Å². The molecular formula is C16H18N2O. The quantitative estimate of drug-likeness (QED) is 0.914. The van der Waals surface area contributed by atoms with Gasteiger partial charge >= 0.3 is 0 Å². The highest BCUT2D eigenvalue weighted by molar-refractivity contribution is 5.50. The molecule has 19 heavy (non-hydrogen) atoms. The highest BCUT2D eigenvalue weighted by Gasteiger charge is 2.18. The van der Waals surface area contributed by atoms with E-state index in [2.05, 4.69) is 34.1 Å². The number of anilines is 1. The molecule has 2 aromatic rings. The highest BCUT2D eigenvalue weighted by Crippen LogP contribution is 2.28. The Morgan fingerprint density at radius 2 is 1.84 bits per heavy atom. The van der Waals surface area contributed by atoms with Crippen LogP contribution in [0.15, 0.2) is 42.6 Å². The van der Waals surface area contributed by atoms with Crippen molar-refractivity contribution in [2.75, 3.05) is 4.90 Å². The number of aliphatic hydroxyl groups excluding tert-OH is 1. The number of benzene rings is 1. The fraction of sp³-hybridized carbons (Fsp3) is 0.312. The first-order chi connectivity index (χ1) is 9.28. The van der Waals surface area contributed by atoms with Gasteiger partial charge in [-0.25, -0.2) is 0 Å². The van der Waals surface area contributed by atoms with Crippen LogP contribution in [0, 0.1) is 0 Å². The van der Waals surface area contributed by atoms with Crippen LogP contribution in [-0.2, 0) is 13.1 Å². The summed E-state index contributed by atoms with van der Waals surface area (Å²) in [5, 5.41) is 9.75. The van der Waals surface area contributed by atoms with Crippen LogP contribution in [-0.4, -0.2) is 10.1 Å². The van der Waals surface area contributed by atoms with E-state index >= 15 is 0 Å². The van der Waals surface area contributed by atoms with Crippen LogP contribution in [0.5, 0.6) is 0 Å². The zero-order chi connectivity index (χ0) is 13.2. The predicted molar refractivity (Wildman–Crippen MR) is 75.8 cm³/mol. The van der Waals surface area contributed by atoms with Gasteiger partial charge in [-0.15, -0.1) is 0 Å². The summed E-state index contributed by atoms with van der Waals surface area (Å²) in [5.41, 5.74) is 4.64. The second-order valence-corrected chi connectivity index (χ2v) is 4.99. The summed E-state index contributed by atoms with van der Waals surface area (Å²) in [4.78, 5) is 6.67. The highest BCUT2D eigenvalue weighted by atomic mass is 16.3. The minimum Gasteiger partial charge on any atom is -0.387 e. The zero-order valence-electron chi connectivity index (χ0n) is 11.1. The first-order valence-corrected chi connectivity index (χ1v) is 6.73. The Kier molecular flexibility index (Phi) is 3.22. The molecule has 1 aromatic heterocycles. The van der Waals surface area contributed by atoms with Crippen molar-refractivity contribution in [1.29, 1.82) is 0 Å². The summed E-state index contributed by atoms with van der Waals surface area (Å²) < 4.78 is 0. The van der Waals surface area contributed by atoms with E-state index in [0.717, 1.165) is 24.5 Å². The van der Waals surface area contributed by atoms with Gasteiger partial charge in [-0.2, -0.15) is 0 Å². The van der Waals surface area contributed by atoms with E-state index in [4.69, 9.17) is 0 Å². The first-order valence-electron chi connectivity index (χ1n) is 6.73. The Morgan fingerprint density at radius 1 is 1.16 bits per heavy atom. The monoisotopic (exact) mass is 254 g/mol. The molecule has 3 heteroatoms. The van der Waals surface area contributed by atoms with Gasteiger partial charge in [0.05, 0.1) is 23.7 Å². The number of rotatable bonds is 3. The topological polar surface area (TPSA) is 36.4 Å². The van der Waals surface area contributed by atoms with Crippen molar-refractivity contribution < 1.29 is 5.11 Å². The lowest BCUT2D eigenvalue weighted by Crippen LogP contribution is -2.15. The molecule has 0 amide bonds. The molecule has 0 radical (unpaired) electrons. The van der Waals surface area contributed by atoms with Crippen molar-refractivity contribution in [3.05, 3.63) is 59.4 Å². The Bertz CT molecular complexity index is 540. The number of aliphatic hydroxyl groups is 1. The molecular weight excluding hydrogens is 236 g/mol. The van der Waals surface area contributed by atoms with Gasteiger partial charge in [0.15, 0.2) is 0 Å². The standard InChI is InChI=1S/C16H18N2O/c1-2-16(19)15-8-7-14(9-17-15)18-10-12-5-3-4-6-13(12)11-18/h3-9,16,19H,2,10-11H2,1H3/t16-/m0/s1. The molecule has 3 nitrogen and oxygen atoms in total. The molecule has 0 unspecified atom stereocenters. The predicted octanol–water partition coefficient (Wildman–Crippen LogP) is 3.05. The average molecular weight is 254 g/mol. The van der Waals surface area contributed by atoms with Crippen LogP contribution < -0.4 is 4.90 Å². The van der Waals surface area contributed by atoms with E-state index in [0.29, 0.717) is 6.42 Å². The molecule has 1 atom stereocenters. The molecule has 0 bridgehead atoms. The summed E-state index contributed by atoms with van der Waals surface area (Å²) in [6.07, 6.45) is 2.10. The maximum atomic E-state index is 9.75. The fourth-order valence-electron chi connectivity index (χ4n) is 2.51. The van der Waals surface area contributed by atoms with Gasteiger partial charge < -0.3 is 10.0 Å². The van der Waals surface area contributed by atoms with Gasteiger partial charge in [-0.05, 0) is 29.7 Å². The molecule has 0 aliphatic carbocycles. The number of aromatic nitrogens is 1. The third-order valence-corrected chi connectivity index (χ3v) is 3.70. The van der Waals surface area contributed by atoms with Crippen molar-refractivity contribution in [3.8, 4) is 0 Å². The van der Waals surface area contributed by atoms with Crippen molar-refractivity contribution in [2.45, 2.75) is 32.5 Å². The summed E-state index contributed by atoms with van der Waals surface area (Å²) >= 11 is 0. The molecule has 3 rings (SSSR count). The van der Waals surface area contributed by atoms with Gasteiger partial charge in [0.25, 0.3) is 0 Å². The molecule has 0 spiro atoms. The summed E-state index contributed by atoms with van der Waals surface area (Å²) in [7, 11) is 0. The number of hydrogen-bond acceptors (Lipinski definition) is 3. The van der Waals surface area contributed by atoms with E-state index in [9.17, 15) is 5.11 Å². The van der Waals surface area contributed by atoms with Gasteiger partial charge in [0, 0.05) is 13.1 Å². The SMILES string of the molecule is CC[C@H](O)c1ccc(N2Cc3ccccc3C2)cn1. The smallest absolute Gasteiger partial charge is 0.0957 e. The molecule has 1 aliphatic heterocycles. The number of hydrogen-bond donors (Lipinski definition) is 1. The largest absolute Gasteiger partial charge is 0.387 e. The molecule has 0 saturated carbocycles. The third-order valence-electron chi connectivity index (χ3n) is 3.70. The first kappa shape index (κ1) is 12.2. The maximum absolute atomic E-state index is 9.75. The summed E-state index contributed by atoms with van der Waals surface area (Å²) in [5.74, 6) is 0. The molecule has 0 fully saturated rings. The average Bonchev–Trinajstić information content (AvgIpc) is 2.90. The second-order valence-electron chi connectivity index (χ2n) is 4.99. The lowest BCUT2D eigenvalue weighted by Gasteiger charge is -2.18. The number of nitrogens with zero attached hydrogens (tertiary/aromatic N) is 2. The van der Waals surface area contributed by atoms with Crippen molar-refractivity contribution in [2.24, 2.45) is 0 Å². The minimum absolute atomic E-state index is 0.454. The van der Waals surface area contributed by atoms with E-state index in [1.807, 2.05) is 25.3 Å². The zero-order valence-corrected chi connectivity index (χ0v) is 11.1. The summed E-state index contributed by atoms with van der Waals surface area (Å²) in [6.45, 7) is 3.83. The van der Waals surface area contributed by atoms with Gasteiger partial charge in [-0.3, -0.25) is 4.98 Å². The van der Waals surface area contributed by atoms with Crippen LogP contribution >= 0.6 is 0 Å². The molecule has 2 heterocycles. The molecule has 0 saturated heterocycles. The van der Waals surface area contributed by atoms with Gasteiger partial charge in [0.1, 0.15) is 0 Å². The maximum Gasteiger partial charge on any atom is 0.0957 e. The fourth-order valence-corrected chi connectivity index (χ4v) is 2.51. The number of fused-ring (bicyclic) bond motifs is 1. The van der Waals surface area contributed by atoms with Crippen LogP contribution in [0.25, 0.3) is 0 Å².